The molecule has 2 aliphatic rings. The van der Waals surface area contributed by atoms with Gasteiger partial charge in [0.25, 0.3) is 0 Å². The molecule has 182 valence electrons. The minimum atomic E-state index is -5.79. The summed E-state index contributed by atoms with van der Waals surface area (Å²) in [6, 6.07) is 3.06. The first-order chi connectivity index (χ1) is 14.7. The van der Waals surface area contributed by atoms with Gasteiger partial charge in [-0.3, -0.25) is 0 Å². The molecule has 0 saturated heterocycles. The van der Waals surface area contributed by atoms with Crippen molar-refractivity contribution in [1.29, 1.82) is 0 Å². The maximum atomic E-state index is 13.1. The second-order valence-corrected chi connectivity index (χ2v) is 12.7. The van der Waals surface area contributed by atoms with Crippen molar-refractivity contribution >= 4 is 21.9 Å². The van der Waals surface area contributed by atoms with Crippen molar-refractivity contribution in [3.8, 4) is 11.5 Å². The van der Waals surface area contributed by atoms with Gasteiger partial charge in [-0.15, -0.1) is 11.8 Å². The summed E-state index contributed by atoms with van der Waals surface area (Å²) < 4.78 is 73.2. The number of hydrogen-bond donors (Lipinski definition) is 0. The Labute approximate surface area is 193 Å². The standard InChI is InChI=1S/C23H33F3O4S2/c1-15(2)8-6-9-21(3)10-7-11-22(4)19(21)14-31-18-13-16(29-5)12-17(20(18)22)30-32(27,28)23(24,25)26/h12-13,15,19H,6-11,14H2,1-5H3. The monoisotopic (exact) mass is 494 g/mol. The number of hydrogen-bond acceptors (Lipinski definition) is 5. The van der Waals surface area contributed by atoms with E-state index in [9.17, 15) is 21.6 Å². The number of halogens is 3. The Kier molecular flexibility index (Phi) is 7.12. The quantitative estimate of drug-likeness (QED) is 0.304. The Hall–Kier alpha value is -1.09. The van der Waals surface area contributed by atoms with Crippen molar-refractivity contribution in [3.63, 3.8) is 0 Å². The Balaban J connectivity index is 2.07. The fraction of sp³-hybridized carbons (Fsp3) is 0.739. The van der Waals surface area contributed by atoms with E-state index in [1.807, 2.05) is 0 Å². The molecule has 0 spiro atoms. The summed E-state index contributed by atoms with van der Waals surface area (Å²) in [6.07, 6.45) is 6.07. The average molecular weight is 495 g/mol. The summed E-state index contributed by atoms with van der Waals surface area (Å²) >= 11 is 1.56. The van der Waals surface area contributed by atoms with Gasteiger partial charge in [0, 0.05) is 27.7 Å². The minimum absolute atomic E-state index is 0.0344. The van der Waals surface area contributed by atoms with Crippen molar-refractivity contribution in [3.05, 3.63) is 17.7 Å². The maximum absolute atomic E-state index is 13.1. The number of thioether (sulfide) groups is 1. The highest BCUT2D eigenvalue weighted by atomic mass is 32.2. The van der Waals surface area contributed by atoms with Crippen LogP contribution in [0.15, 0.2) is 17.0 Å². The lowest BCUT2D eigenvalue weighted by Gasteiger charge is -2.55. The van der Waals surface area contributed by atoms with Crippen molar-refractivity contribution in [2.24, 2.45) is 17.3 Å². The predicted octanol–water partition coefficient (Wildman–Crippen LogP) is 6.92. The summed E-state index contributed by atoms with van der Waals surface area (Å²) in [5.41, 5.74) is -5.37. The van der Waals surface area contributed by atoms with Crippen LogP contribution in [0.4, 0.5) is 13.2 Å². The van der Waals surface area contributed by atoms with Gasteiger partial charge in [0.05, 0.1) is 7.11 Å². The molecule has 0 radical (unpaired) electrons. The van der Waals surface area contributed by atoms with E-state index in [0.717, 1.165) is 49.2 Å². The molecule has 1 aliphatic heterocycles. The van der Waals surface area contributed by atoms with Gasteiger partial charge in [0.1, 0.15) is 5.75 Å². The molecule has 0 N–H and O–H groups in total. The van der Waals surface area contributed by atoms with Crippen LogP contribution in [0.2, 0.25) is 0 Å². The Bertz CT molecular complexity index is 945. The third kappa shape index (κ3) is 4.74. The molecule has 1 fully saturated rings. The van der Waals surface area contributed by atoms with Gasteiger partial charge in [-0.1, -0.05) is 47.0 Å². The maximum Gasteiger partial charge on any atom is 0.534 e. The smallest absolute Gasteiger partial charge is 0.497 e. The fourth-order valence-corrected chi connectivity index (χ4v) is 7.90. The second-order valence-electron chi connectivity index (χ2n) is 10.1. The first-order valence-corrected chi connectivity index (χ1v) is 13.5. The molecule has 0 aromatic heterocycles. The lowest BCUT2D eigenvalue weighted by Crippen LogP contribution is -2.50. The van der Waals surface area contributed by atoms with Crippen LogP contribution in [0.5, 0.6) is 11.5 Å². The normalized spacial score (nSPS) is 28.2. The highest BCUT2D eigenvalue weighted by molar-refractivity contribution is 7.99. The number of ether oxygens (including phenoxy) is 1. The molecule has 3 unspecified atom stereocenters. The Morgan fingerprint density at radius 2 is 1.91 bits per heavy atom. The van der Waals surface area contributed by atoms with Gasteiger partial charge in [-0.05, 0) is 42.6 Å². The van der Waals surface area contributed by atoms with Crippen LogP contribution < -0.4 is 8.92 Å². The highest BCUT2D eigenvalue weighted by Gasteiger charge is 2.54. The summed E-state index contributed by atoms with van der Waals surface area (Å²) in [4.78, 5) is 0.738. The molecule has 3 rings (SSSR count). The molecule has 32 heavy (non-hydrogen) atoms. The van der Waals surface area contributed by atoms with E-state index < -0.39 is 21.0 Å². The molecule has 9 heteroatoms. The van der Waals surface area contributed by atoms with Crippen LogP contribution in [-0.2, 0) is 15.5 Å². The van der Waals surface area contributed by atoms with Gasteiger partial charge >= 0.3 is 15.6 Å². The summed E-state index contributed by atoms with van der Waals surface area (Å²) in [5, 5.41) is 0. The minimum Gasteiger partial charge on any atom is -0.497 e. The zero-order valence-corrected chi connectivity index (χ0v) is 21.0. The van der Waals surface area contributed by atoms with E-state index in [1.54, 1.807) is 17.8 Å². The van der Waals surface area contributed by atoms with Gasteiger partial charge < -0.3 is 8.92 Å². The van der Waals surface area contributed by atoms with E-state index in [0.29, 0.717) is 11.5 Å². The molecular weight excluding hydrogens is 461 g/mol. The predicted molar refractivity (Wildman–Crippen MR) is 121 cm³/mol. The number of fused-ring (bicyclic) bond motifs is 3. The second kappa shape index (κ2) is 8.93. The molecule has 0 amide bonds. The van der Waals surface area contributed by atoms with Gasteiger partial charge in [-0.2, -0.15) is 21.6 Å². The zero-order chi connectivity index (χ0) is 23.9. The van der Waals surface area contributed by atoms with E-state index in [-0.39, 0.29) is 22.8 Å². The molecule has 4 nitrogen and oxygen atoms in total. The summed E-state index contributed by atoms with van der Waals surface area (Å²) in [6.45, 7) is 8.77. The van der Waals surface area contributed by atoms with Crippen molar-refractivity contribution in [2.75, 3.05) is 12.9 Å². The lowest BCUT2D eigenvalue weighted by atomic mass is 9.52. The summed E-state index contributed by atoms with van der Waals surface area (Å²) in [5.74, 6) is 1.68. The molecule has 0 bridgehead atoms. The topological polar surface area (TPSA) is 52.6 Å². The Morgan fingerprint density at radius 1 is 1.22 bits per heavy atom. The molecule has 1 aromatic rings. The molecule has 1 aliphatic carbocycles. The van der Waals surface area contributed by atoms with Crippen molar-refractivity contribution in [2.45, 2.75) is 82.0 Å². The highest BCUT2D eigenvalue weighted by Crippen LogP contribution is 2.62. The molecular formula is C23H33F3O4S2. The largest absolute Gasteiger partial charge is 0.534 e. The van der Waals surface area contributed by atoms with Crippen LogP contribution in [0.25, 0.3) is 0 Å². The summed E-state index contributed by atoms with van der Waals surface area (Å²) in [7, 11) is -4.39. The molecule has 3 atom stereocenters. The van der Waals surface area contributed by atoms with E-state index in [1.165, 1.54) is 13.2 Å². The average Bonchev–Trinajstić information content (AvgIpc) is 2.65. The molecule has 1 saturated carbocycles. The van der Waals surface area contributed by atoms with Crippen molar-refractivity contribution < 1.29 is 30.5 Å². The van der Waals surface area contributed by atoms with Crippen LogP contribution in [0.1, 0.15) is 71.8 Å². The number of benzene rings is 1. The van der Waals surface area contributed by atoms with Gasteiger partial charge in [-0.25, -0.2) is 0 Å². The van der Waals surface area contributed by atoms with Crippen LogP contribution in [0.3, 0.4) is 0 Å². The number of methoxy groups -OCH3 is 1. The fourth-order valence-electron chi connectivity index (χ4n) is 5.64. The van der Waals surface area contributed by atoms with Crippen LogP contribution in [-0.4, -0.2) is 26.8 Å². The van der Waals surface area contributed by atoms with Gasteiger partial charge in [0.2, 0.25) is 0 Å². The third-order valence-electron chi connectivity index (χ3n) is 7.32. The first-order valence-electron chi connectivity index (χ1n) is 11.1. The zero-order valence-electron chi connectivity index (χ0n) is 19.3. The number of alkyl halides is 3. The molecule has 1 heterocycles. The van der Waals surface area contributed by atoms with Gasteiger partial charge in [0.15, 0.2) is 5.75 Å². The first kappa shape index (κ1) is 25.5. The van der Waals surface area contributed by atoms with E-state index in [2.05, 4.69) is 27.7 Å². The van der Waals surface area contributed by atoms with Crippen LogP contribution >= 0.6 is 11.8 Å². The lowest BCUT2D eigenvalue weighted by molar-refractivity contribution is -0.0501. The third-order valence-corrected chi connectivity index (χ3v) is 9.42. The van der Waals surface area contributed by atoms with E-state index >= 15 is 0 Å². The van der Waals surface area contributed by atoms with E-state index in [4.69, 9.17) is 8.92 Å². The Morgan fingerprint density at radius 3 is 2.50 bits per heavy atom. The number of rotatable bonds is 7. The van der Waals surface area contributed by atoms with Crippen molar-refractivity contribution in [1.82, 2.24) is 0 Å². The molecule has 1 aromatic carbocycles. The van der Waals surface area contributed by atoms with Crippen LogP contribution in [0, 0.1) is 17.3 Å². The SMILES string of the molecule is COc1cc(OS(=O)(=O)C(F)(F)F)c2c(c1)SCC1C(C)(CCCC(C)C)CCCC21C.